The number of hydrogen-bond donors (Lipinski definition) is 1. The molecule has 2 heteroatoms. The van der Waals surface area contributed by atoms with Gasteiger partial charge in [-0.25, -0.2) is 0 Å². The molecule has 0 fully saturated rings. The van der Waals surface area contributed by atoms with Crippen molar-refractivity contribution in [1.82, 2.24) is 4.98 Å². The van der Waals surface area contributed by atoms with Crippen LogP contribution in [0.4, 0.5) is 5.69 Å². The smallest absolute Gasteiger partial charge is 0.0503 e. The lowest BCUT2D eigenvalue weighted by molar-refractivity contribution is 0.702. The normalized spacial score (nSPS) is 8.47. The van der Waals surface area contributed by atoms with E-state index in [-0.39, 0.29) is 7.43 Å². The maximum atomic E-state index is 5.40. The van der Waals surface area contributed by atoms with Crippen molar-refractivity contribution < 1.29 is 0 Å². The average molecular weight is 210 g/mol. The van der Waals surface area contributed by atoms with Crippen LogP contribution in [0.15, 0.2) is 18.5 Å². The number of rotatable bonds is 3. The van der Waals surface area contributed by atoms with Gasteiger partial charge in [-0.05, 0) is 18.6 Å². The van der Waals surface area contributed by atoms with Crippen LogP contribution in [0.5, 0.6) is 0 Å². The minimum absolute atomic E-state index is 0. The second-order valence-corrected chi connectivity index (χ2v) is 3.50. The van der Waals surface area contributed by atoms with E-state index < -0.39 is 0 Å². The van der Waals surface area contributed by atoms with E-state index in [0.29, 0.717) is 0 Å². The summed E-state index contributed by atoms with van der Waals surface area (Å²) in [7, 11) is 0. The van der Waals surface area contributed by atoms with E-state index in [1.807, 2.05) is 13.0 Å². The SMILES string of the molecule is C.CCCCCC.Cc1cncc(N)c1. The Hall–Kier alpha value is -1.05. The van der Waals surface area contributed by atoms with Crippen LogP contribution in [0.1, 0.15) is 52.5 Å². The fourth-order valence-electron chi connectivity index (χ4n) is 1.08. The Morgan fingerprint density at radius 2 is 1.67 bits per heavy atom. The molecule has 0 saturated heterocycles. The van der Waals surface area contributed by atoms with Gasteiger partial charge in [-0.1, -0.05) is 47.0 Å². The Balaban J connectivity index is 0. The predicted molar refractivity (Wildman–Crippen MR) is 69.9 cm³/mol. The molecule has 0 aliphatic carbocycles. The predicted octanol–water partition coefficient (Wildman–Crippen LogP) is 4.19. The van der Waals surface area contributed by atoms with Gasteiger partial charge < -0.3 is 5.73 Å². The maximum Gasteiger partial charge on any atom is 0.0503 e. The van der Waals surface area contributed by atoms with Gasteiger partial charge in [-0.2, -0.15) is 0 Å². The maximum absolute atomic E-state index is 5.40. The van der Waals surface area contributed by atoms with Crippen LogP contribution in [0, 0.1) is 6.92 Å². The molecule has 15 heavy (non-hydrogen) atoms. The second kappa shape index (κ2) is 11.0. The molecule has 0 aromatic carbocycles. The molecule has 0 spiro atoms. The zero-order valence-electron chi connectivity index (χ0n) is 9.59. The summed E-state index contributed by atoms with van der Waals surface area (Å²) >= 11 is 0. The Morgan fingerprint density at radius 3 is 1.93 bits per heavy atom. The highest BCUT2D eigenvalue weighted by Gasteiger charge is 1.82. The molecular weight excluding hydrogens is 184 g/mol. The number of nitrogens with two attached hydrogens (primary N) is 1. The zero-order chi connectivity index (χ0) is 10.8. The van der Waals surface area contributed by atoms with E-state index in [9.17, 15) is 0 Å². The minimum atomic E-state index is 0. The Labute approximate surface area is 94.9 Å². The Bertz CT molecular complexity index is 212. The van der Waals surface area contributed by atoms with Gasteiger partial charge in [0.15, 0.2) is 0 Å². The molecule has 0 aliphatic rings. The first-order valence-electron chi connectivity index (χ1n) is 5.37. The molecular formula is C13H26N2. The molecule has 1 rings (SSSR count). The van der Waals surface area contributed by atoms with Crippen LogP contribution in [-0.4, -0.2) is 4.98 Å². The molecule has 0 unspecified atom stereocenters. The molecule has 2 N–H and O–H groups in total. The van der Waals surface area contributed by atoms with Crippen molar-refractivity contribution in [3.8, 4) is 0 Å². The van der Waals surface area contributed by atoms with E-state index in [1.165, 1.54) is 25.7 Å². The first-order chi connectivity index (χ1) is 6.70. The summed E-state index contributed by atoms with van der Waals surface area (Å²) in [4.78, 5) is 3.86. The quantitative estimate of drug-likeness (QED) is 0.759. The van der Waals surface area contributed by atoms with Crippen molar-refractivity contribution in [3.05, 3.63) is 24.0 Å². The van der Waals surface area contributed by atoms with Gasteiger partial charge in [0.25, 0.3) is 0 Å². The van der Waals surface area contributed by atoms with Crippen molar-refractivity contribution in [2.24, 2.45) is 0 Å². The molecule has 1 heterocycles. The third-order valence-electron chi connectivity index (χ3n) is 1.85. The summed E-state index contributed by atoms with van der Waals surface area (Å²) < 4.78 is 0. The highest BCUT2D eigenvalue weighted by molar-refractivity contribution is 5.36. The summed E-state index contributed by atoms with van der Waals surface area (Å²) in [6, 6.07) is 1.88. The molecule has 0 bridgehead atoms. The molecule has 0 amide bonds. The molecule has 1 aromatic rings. The lowest BCUT2D eigenvalue weighted by atomic mass is 10.2. The largest absolute Gasteiger partial charge is 0.397 e. The van der Waals surface area contributed by atoms with Gasteiger partial charge in [-0.3, -0.25) is 4.98 Å². The topological polar surface area (TPSA) is 38.9 Å². The standard InChI is InChI=1S/C6H8N2.C6H14.CH4/c1-5-2-6(7)4-8-3-5;1-3-5-6-4-2;/h2-4H,7H2,1H3;3-6H2,1-2H3;1H4. The summed E-state index contributed by atoms with van der Waals surface area (Å²) in [5, 5.41) is 0. The highest BCUT2D eigenvalue weighted by atomic mass is 14.7. The lowest BCUT2D eigenvalue weighted by Gasteiger charge is -1.90. The van der Waals surface area contributed by atoms with Crippen LogP contribution in [0.3, 0.4) is 0 Å². The van der Waals surface area contributed by atoms with E-state index in [0.717, 1.165) is 11.3 Å². The summed E-state index contributed by atoms with van der Waals surface area (Å²) in [5.74, 6) is 0. The summed E-state index contributed by atoms with van der Waals surface area (Å²) in [6.07, 6.45) is 8.94. The lowest BCUT2D eigenvalue weighted by Crippen LogP contribution is -1.85. The minimum Gasteiger partial charge on any atom is -0.397 e. The van der Waals surface area contributed by atoms with E-state index in [1.54, 1.807) is 12.4 Å². The van der Waals surface area contributed by atoms with Crippen molar-refractivity contribution >= 4 is 5.69 Å². The molecule has 0 aliphatic heterocycles. The third kappa shape index (κ3) is 10.9. The molecule has 0 atom stereocenters. The van der Waals surface area contributed by atoms with Crippen LogP contribution >= 0.6 is 0 Å². The fraction of sp³-hybridized carbons (Fsp3) is 0.615. The Morgan fingerprint density at radius 1 is 1.13 bits per heavy atom. The Kier molecular flexibility index (Phi) is 12.0. The summed E-state index contributed by atoms with van der Waals surface area (Å²) in [5.41, 5.74) is 7.22. The van der Waals surface area contributed by atoms with Crippen LogP contribution in [0.2, 0.25) is 0 Å². The van der Waals surface area contributed by atoms with Gasteiger partial charge in [-0.15, -0.1) is 0 Å². The van der Waals surface area contributed by atoms with Crippen LogP contribution in [-0.2, 0) is 0 Å². The van der Waals surface area contributed by atoms with Crippen LogP contribution < -0.4 is 5.73 Å². The van der Waals surface area contributed by atoms with Gasteiger partial charge in [0.1, 0.15) is 0 Å². The monoisotopic (exact) mass is 210 g/mol. The second-order valence-electron chi connectivity index (χ2n) is 3.50. The van der Waals surface area contributed by atoms with Gasteiger partial charge >= 0.3 is 0 Å². The number of hydrogen-bond acceptors (Lipinski definition) is 2. The number of aryl methyl sites for hydroxylation is 1. The molecule has 1 aromatic heterocycles. The number of nitrogen functional groups attached to an aromatic ring is 1. The van der Waals surface area contributed by atoms with Crippen molar-refractivity contribution in [2.75, 3.05) is 5.73 Å². The number of pyridine rings is 1. The molecule has 0 radical (unpaired) electrons. The van der Waals surface area contributed by atoms with Crippen LogP contribution in [0.25, 0.3) is 0 Å². The van der Waals surface area contributed by atoms with Crippen molar-refractivity contribution in [3.63, 3.8) is 0 Å². The molecule has 88 valence electrons. The van der Waals surface area contributed by atoms with E-state index in [2.05, 4.69) is 18.8 Å². The summed E-state index contributed by atoms with van der Waals surface area (Å²) in [6.45, 7) is 6.43. The average Bonchev–Trinajstić information content (AvgIpc) is 2.15. The van der Waals surface area contributed by atoms with E-state index >= 15 is 0 Å². The molecule has 0 saturated carbocycles. The van der Waals surface area contributed by atoms with Crippen molar-refractivity contribution in [1.29, 1.82) is 0 Å². The first-order valence-corrected chi connectivity index (χ1v) is 5.37. The first kappa shape index (κ1) is 16.4. The van der Waals surface area contributed by atoms with E-state index in [4.69, 9.17) is 5.73 Å². The van der Waals surface area contributed by atoms with Crippen molar-refractivity contribution in [2.45, 2.75) is 53.9 Å². The molecule has 2 nitrogen and oxygen atoms in total. The fourth-order valence-corrected chi connectivity index (χ4v) is 1.08. The number of nitrogens with zero attached hydrogens (tertiary/aromatic N) is 1. The number of unbranched alkanes of at least 4 members (excludes halogenated alkanes) is 3. The zero-order valence-corrected chi connectivity index (χ0v) is 9.59. The van der Waals surface area contributed by atoms with Gasteiger partial charge in [0.2, 0.25) is 0 Å². The number of aromatic nitrogens is 1. The van der Waals surface area contributed by atoms with Gasteiger partial charge in [0.05, 0.1) is 5.69 Å². The third-order valence-corrected chi connectivity index (χ3v) is 1.85. The van der Waals surface area contributed by atoms with Gasteiger partial charge in [0, 0.05) is 12.4 Å². The number of anilines is 1. The highest BCUT2D eigenvalue weighted by Crippen LogP contribution is 2.00.